The molecule has 0 bridgehead atoms. The number of amides is 2. The lowest BCUT2D eigenvalue weighted by molar-refractivity contribution is -0.146. The maximum Gasteiger partial charge on any atom is 0.328 e. The summed E-state index contributed by atoms with van der Waals surface area (Å²) in [6, 6.07) is 15.0. The van der Waals surface area contributed by atoms with Crippen LogP contribution in [0.3, 0.4) is 0 Å². The fourth-order valence-corrected chi connectivity index (χ4v) is 3.11. The SMILES string of the molecule is C=C(Br)C[C@H](NC(=O)[C@H](O)[C@@H](NC(=O)c1ccccc1)c1ccccc1)C(=O)OC. The molecule has 158 valence electrons. The Kier molecular flexibility index (Phi) is 8.76. The van der Waals surface area contributed by atoms with Crippen molar-refractivity contribution < 1.29 is 24.2 Å². The van der Waals surface area contributed by atoms with Gasteiger partial charge in [0.15, 0.2) is 6.10 Å². The zero-order chi connectivity index (χ0) is 22.1. The van der Waals surface area contributed by atoms with Crippen LogP contribution >= 0.6 is 15.9 Å². The van der Waals surface area contributed by atoms with Gasteiger partial charge in [0.2, 0.25) is 0 Å². The van der Waals surface area contributed by atoms with Gasteiger partial charge in [0.05, 0.1) is 13.2 Å². The predicted octanol–water partition coefficient (Wildman–Crippen LogP) is 2.48. The summed E-state index contributed by atoms with van der Waals surface area (Å²) >= 11 is 3.15. The maximum absolute atomic E-state index is 12.7. The van der Waals surface area contributed by atoms with E-state index in [1.54, 1.807) is 60.7 Å². The van der Waals surface area contributed by atoms with Crippen LogP contribution in [-0.4, -0.2) is 42.1 Å². The van der Waals surface area contributed by atoms with E-state index in [1.807, 2.05) is 0 Å². The van der Waals surface area contributed by atoms with Gasteiger partial charge in [-0.05, 0) is 22.2 Å². The topological polar surface area (TPSA) is 105 Å². The molecule has 0 spiro atoms. The number of carbonyl (C=O) groups excluding carboxylic acids is 3. The molecule has 0 aliphatic heterocycles. The first-order valence-corrected chi connectivity index (χ1v) is 9.93. The summed E-state index contributed by atoms with van der Waals surface area (Å²) in [4.78, 5) is 37.3. The molecule has 0 radical (unpaired) electrons. The molecule has 2 aromatic rings. The lowest BCUT2D eigenvalue weighted by Crippen LogP contribution is -2.50. The van der Waals surface area contributed by atoms with E-state index in [1.165, 1.54) is 7.11 Å². The van der Waals surface area contributed by atoms with E-state index < -0.39 is 36.0 Å². The Morgan fingerprint density at radius 3 is 2.13 bits per heavy atom. The smallest absolute Gasteiger partial charge is 0.328 e. The number of halogens is 1. The standard InChI is InChI=1S/C22H23BrN2O5/c1-14(23)13-17(22(29)30-2)24-21(28)19(26)18(15-9-5-3-6-10-15)25-20(27)16-11-7-4-8-12-16/h3-12,17-19,26H,1,13H2,2H3,(H,24,28)(H,25,27)/t17-,18-,19+/m0/s1. The summed E-state index contributed by atoms with van der Waals surface area (Å²) in [7, 11) is 1.20. The van der Waals surface area contributed by atoms with Gasteiger partial charge < -0.3 is 20.5 Å². The first kappa shape index (κ1) is 23.3. The number of nitrogens with one attached hydrogen (secondary N) is 2. The van der Waals surface area contributed by atoms with Crippen LogP contribution in [-0.2, 0) is 14.3 Å². The molecule has 0 unspecified atom stereocenters. The van der Waals surface area contributed by atoms with Gasteiger partial charge in [-0.15, -0.1) is 0 Å². The van der Waals surface area contributed by atoms with Crippen LogP contribution in [0.5, 0.6) is 0 Å². The Labute approximate surface area is 183 Å². The van der Waals surface area contributed by atoms with Crippen LogP contribution in [0.1, 0.15) is 28.4 Å². The van der Waals surface area contributed by atoms with Crippen LogP contribution in [0, 0.1) is 0 Å². The summed E-state index contributed by atoms with van der Waals surface area (Å²) in [6.07, 6.45) is -1.58. The highest BCUT2D eigenvalue weighted by atomic mass is 79.9. The zero-order valence-corrected chi connectivity index (χ0v) is 18.0. The van der Waals surface area contributed by atoms with E-state index in [0.717, 1.165) is 0 Å². The van der Waals surface area contributed by atoms with Gasteiger partial charge in [-0.2, -0.15) is 0 Å². The highest BCUT2D eigenvalue weighted by Gasteiger charge is 2.32. The average Bonchev–Trinajstić information content (AvgIpc) is 2.76. The maximum atomic E-state index is 12.7. The van der Waals surface area contributed by atoms with Crippen LogP contribution in [0.25, 0.3) is 0 Å². The molecule has 7 nitrogen and oxygen atoms in total. The molecule has 2 aromatic carbocycles. The van der Waals surface area contributed by atoms with Crippen molar-refractivity contribution in [3.8, 4) is 0 Å². The average molecular weight is 475 g/mol. The Morgan fingerprint density at radius 2 is 1.60 bits per heavy atom. The van der Waals surface area contributed by atoms with Crippen molar-refractivity contribution in [2.45, 2.75) is 24.6 Å². The van der Waals surface area contributed by atoms with Gasteiger partial charge in [0, 0.05) is 12.0 Å². The lowest BCUT2D eigenvalue weighted by atomic mass is 9.99. The molecule has 2 rings (SSSR count). The first-order valence-electron chi connectivity index (χ1n) is 9.14. The fourth-order valence-electron chi connectivity index (χ4n) is 2.78. The molecule has 0 saturated heterocycles. The van der Waals surface area contributed by atoms with E-state index in [-0.39, 0.29) is 6.42 Å². The number of carbonyl (C=O) groups is 3. The molecular weight excluding hydrogens is 452 g/mol. The number of rotatable bonds is 9. The Balaban J connectivity index is 2.24. The minimum Gasteiger partial charge on any atom is -0.467 e. The summed E-state index contributed by atoms with van der Waals surface area (Å²) in [5.74, 6) is -1.96. The summed E-state index contributed by atoms with van der Waals surface area (Å²) in [6.45, 7) is 3.66. The number of benzene rings is 2. The van der Waals surface area contributed by atoms with Gasteiger partial charge in [-0.1, -0.05) is 71.0 Å². The summed E-state index contributed by atoms with van der Waals surface area (Å²) in [5.41, 5.74) is 0.915. The second kappa shape index (κ2) is 11.3. The number of aliphatic hydroxyl groups excluding tert-OH is 1. The number of hydrogen-bond acceptors (Lipinski definition) is 5. The van der Waals surface area contributed by atoms with Gasteiger partial charge in [0.1, 0.15) is 6.04 Å². The van der Waals surface area contributed by atoms with Gasteiger partial charge in [0.25, 0.3) is 11.8 Å². The van der Waals surface area contributed by atoms with Gasteiger partial charge in [-0.25, -0.2) is 4.79 Å². The molecule has 3 atom stereocenters. The monoisotopic (exact) mass is 474 g/mol. The molecule has 0 aromatic heterocycles. The van der Waals surface area contributed by atoms with Crippen molar-refractivity contribution in [1.29, 1.82) is 0 Å². The molecule has 0 heterocycles. The van der Waals surface area contributed by atoms with Gasteiger partial charge in [-0.3, -0.25) is 9.59 Å². The summed E-state index contributed by atoms with van der Waals surface area (Å²) < 4.78 is 5.17. The normalized spacial score (nSPS) is 13.4. The second-order valence-corrected chi connectivity index (χ2v) is 7.60. The minimum atomic E-state index is -1.66. The molecule has 2 amide bonds. The van der Waals surface area contributed by atoms with E-state index in [9.17, 15) is 19.5 Å². The predicted molar refractivity (Wildman–Crippen MR) is 116 cm³/mol. The highest BCUT2D eigenvalue weighted by Crippen LogP contribution is 2.19. The molecule has 8 heteroatoms. The molecule has 0 aliphatic carbocycles. The Bertz CT molecular complexity index is 889. The van der Waals surface area contributed by atoms with Crippen molar-refractivity contribution in [2.24, 2.45) is 0 Å². The van der Waals surface area contributed by atoms with Crippen molar-refractivity contribution in [1.82, 2.24) is 10.6 Å². The molecule has 3 N–H and O–H groups in total. The lowest BCUT2D eigenvalue weighted by Gasteiger charge is -2.26. The summed E-state index contributed by atoms with van der Waals surface area (Å²) in [5, 5.41) is 15.9. The quantitative estimate of drug-likeness (QED) is 0.484. The number of methoxy groups -OCH3 is 1. The third kappa shape index (κ3) is 6.53. The fraction of sp³-hybridized carbons (Fsp3) is 0.227. The van der Waals surface area contributed by atoms with Crippen molar-refractivity contribution in [3.05, 3.63) is 82.9 Å². The van der Waals surface area contributed by atoms with Crippen LogP contribution in [0.4, 0.5) is 0 Å². The highest BCUT2D eigenvalue weighted by molar-refractivity contribution is 9.11. The number of hydrogen-bond donors (Lipinski definition) is 3. The zero-order valence-electron chi connectivity index (χ0n) is 16.4. The molecule has 0 aliphatic rings. The van der Waals surface area contributed by atoms with E-state index >= 15 is 0 Å². The Morgan fingerprint density at radius 1 is 1.03 bits per heavy atom. The van der Waals surface area contributed by atoms with E-state index in [2.05, 4.69) is 33.1 Å². The van der Waals surface area contributed by atoms with E-state index in [4.69, 9.17) is 4.74 Å². The third-order valence-corrected chi connectivity index (χ3v) is 4.62. The minimum absolute atomic E-state index is 0.0809. The van der Waals surface area contributed by atoms with Crippen LogP contribution in [0.15, 0.2) is 71.7 Å². The van der Waals surface area contributed by atoms with Crippen molar-refractivity contribution in [3.63, 3.8) is 0 Å². The molecule has 0 fully saturated rings. The number of aliphatic hydroxyl groups is 1. The largest absolute Gasteiger partial charge is 0.467 e. The van der Waals surface area contributed by atoms with Crippen LogP contribution < -0.4 is 10.6 Å². The molecule has 0 saturated carbocycles. The number of esters is 1. The second-order valence-electron chi connectivity index (χ2n) is 6.48. The van der Waals surface area contributed by atoms with Crippen molar-refractivity contribution in [2.75, 3.05) is 7.11 Å². The molecular formula is C22H23BrN2O5. The molecule has 30 heavy (non-hydrogen) atoms. The van der Waals surface area contributed by atoms with E-state index in [0.29, 0.717) is 15.6 Å². The number of ether oxygens (including phenoxy) is 1. The van der Waals surface area contributed by atoms with Gasteiger partial charge >= 0.3 is 5.97 Å². The van der Waals surface area contributed by atoms with Crippen molar-refractivity contribution >= 4 is 33.7 Å². The van der Waals surface area contributed by atoms with Crippen LogP contribution in [0.2, 0.25) is 0 Å². The first-order chi connectivity index (χ1) is 14.3. The third-order valence-electron chi connectivity index (χ3n) is 4.29. The Hall–Kier alpha value is -2.97.